The van der Waals surface area contributed by atoms with Crippen LogP contribution >= 0.6 is 11.3 Å². The molecule has 1 aromatic heterocycles. The standard InChI is InChI=1S/C9H17N3O3S2/c1-12(6-2-7-13)17(14,15)11-4-3-9-10-5-8-16-9/h5,8,11,13H,2-4,6-7H2,1H3. The molecule has 8 heteroatoms. The normalized spacial score (nSPS) is 12.2. The van der Waals surface area contributed by atoms with Crippen molar-refractivity contribution in [1.82, 2.24) is 14.0 Å². The SMILES string of the molecule is CN(CCCO)S(=O)(=O)NCCc1nccs1. The van der Waals surface area contributed by atoms with Gasteiger partial charge in [0.05, 0.1) is 5.01 Å². The third kappa shape index (κ3) is 5.09. The fourth-order valence-electron chi connectivity index (χ4n) is 1.19. The summed E-state index contributed by atoms with van der Waals surface area (Å²) in [6, 6.07) is 0. The van der Waals surface area contributed by atoms with E-state index in [0.29, 0.717) is 25.9 Å². The average molecular weight is 279 g/mol. The third-order valence-electron chi connectivity index (χ3n) is 2.15. The van der Waals surface area contributed by atoms with E-state index >= 15 is 0 Å². The number of aliphatic hydroxyl groups is 1. The van der Waals surface area contributed by atoms with Crippen LogP contribution in [0.15, 0.2) is 11.6 Å². The van der Waals surface area contributed by atoms with Crippen LogP contribution in [0, 0.1) is 0 Å². The molecule has 0 saturated heterocycles. The van der Waals surface area contributed by atoms with E-state index in [1.807, 2.05) is 5.38 Å². The van der Waals surface area contributed by atoms with Crippen molar-refractivity contribution in [2.75, 3.05) is 26.7 Å². The molecule has 1 heterocycles. The largest absolute Gasteiger partial charge is 0.396 e. The summed E-state index contributed by atoms with van der Waals surface area (Å²) in [5.41, 5.74) is 0. The highest BCUT2D eigenvalue weighted by Crippen LogP contribution is 2.04. The molecule has 17 heavy (non-hydrogen) atoms. The van der Waals surface area contributed by atoms with Crippen LogP contribution in [0.5, 0.6) is 0 Å². The van der Waals surface area contributed by atoms with Gasteiger partial charge < -0.3 is 5.11 Å². The molecule has 0 aliphatic heterocycles. The lowest BCUT2D eigenvalue weighted by atomic mass is 10.5. The minimum Gasteiger partial charge on any atom is -0.396 e. The second-order valence-corrected chi connectivity index (χ2v) is 6.32. The second-order valence-electron chi connectivity index (χ2n) is 3.47. The Balaban J connectivity index is 2.33. The maximum Gasteiger partial charge on any atom is 0.279 e. The van der Waals surface area contributed by atoms with Crippen molar-refractivity contribution in [3.8, 4) is 0 Å². The minimum absolute atomic E-state index is 0.0149. The number of rotatable bonds is 8. The van der Waals surface area contributed by atoms with E-state index in [1.165, 1.54) is 22.7 Å². The van der Waals surface area contributed by atoms with Gasteiger partial charge in [-0.3, -0.25) is 0 Å². The van der Waals surface area contributed by atoms with Gasteiger partial charge in [-0.05, 0) is 6.42 Å². The number of aliphatic hydroxyl groups excluding tert-OH is 1. The molecule has 2 N–H and O–H groups in total. The number of hydrogen-bond donors (Lipinski definition) is 2. The van der Waals surface area contributed by atoms with E-state index in [-0.39, 0.29) is 6.61 Å². The zero-order chi connectivity index (χ0) is 12.7. The Bertz CT molecular complexity index is 405. The summed E-state index contributed by atoms with van der Waals surface area (Å²) >= 11 is 1.50. The minimum atomic E-state index is -3.44. The number of thiazole rings is 1. The lowest BCUT2D eigenvalue weighted by molar-refractivity contribution is 0.275. The first kappa shape index (κ1) is 14.5. The van der Waals surface area contributed by atoms with Crippen LogP contribution in [0.3, 0.4) is 0 Å². The van der Waals surface area contributed by atoms with Crippen molar-refractivity contribution in [1.29, 1.82) is 0 Å². The average Bonchev–Trinajstić information content (AvgIpc) is 2.78. The number of hydrogen-bond acceptors (Lipinski definition) is 5. The molecule has 1 aromatic rings. The molecule has 0 saturated carbocycles. The topological polar surface area (TPSA) is 82.5 Å². The Kier molecular flexibility index (Phi) is 6.00. The Morgan fingerprint density at radius 3 is 2.94 bits per heavy atom. The molecule has 0 aliphatic rings. The number of aromatic nitrogens is 1. The van der Waals surface area contributed by atoms with Crippen LogP contribution in [0.25, 0.3) is 0 Å². The van der Waals surface area contributed by atoms with E-state index in [9.17, 15) is 8.42 Å². The highest BCUT2D eigenvalue weighted by molar-refractivity contribution is 7.87. The van der Waals surface area contributed by atoms with Crippen LogP contribution < -0.4 is 4.72 Å². The van der Waals surface area contributed by atoms with E-state index < -0.39 is 10.2 Å². The fraction of sp³-hybridized carbons (Fsp3) is 0.667. The zero-order valence-electron chi connectivity index (χ0n) is 9.66. The van der Waals surface area contributed by atoms with Crippen molar-refractivity contribution in [3.63, 3.8) is 0 Å². The van der Waals surface area contributed by atoms with Crippen molar-refractivity contribution >= 4 is 21.5 Å². The van der Waals surface area contributed by atoms with Crippen molar-refractivity contribution < 1.29 is 13.5 Å². The molecule has 1 rings (SSSR count). The molecule has 0 aliphatic carbocycles. The molecule has 0 aromatic carbocycles. The Morgan fingerprint density at radius 2 is 2.35 bits per heavy atom. The molecule has 6 nitrogen and oxygen atoms in total. The van der Waals surface area contributed by atoms with Gasteiger partial charge in [0.25, 0.3) is 10.2 Å². The first-order valence-electron chi connectivity index (χ1n) is 5.26. The van der Waals surface area contributed by atoms with Gasteiger partial charge in [-0.25, -0.2) is 9.71 Å². The summed E-state index contributed by atoms with van der Waals surface area (Å²) in [6.45, 7) is 0.626. The van der Waals surface area contributed by atoms with Gasteiger partial charge in [0.1, 0.15) is 0 Å². The molecular weight excluding hydrogens is 262 g/mol. The molecule has 0 bridgehead atoms. The van der Waals surface area contributed by atoms with E-state index in [4.69, 9.17) is 5.11 Å². The van der Waals surface area contributed by atoms with Gasteiger partial charge in [0.2, 0.25) is 0 Å². The molecule has 0 unspecified atom stereocenters. The predicted octanol–water partition coefficient (Wildman–Crippen LogP) is -0.166. The quantitative estimate of drug-likeness (QED) is 0.692. The van der Waals surface area contributed by atoms with E-state index in [0.717, 1.165) is 5.01 Å². The van der Waals surface area contributed by atoms with Gasteiger partial charge in [-0.15, -0.1) is 11.3 Å². The van der Waals surface area contributed by atoms with E-state index in [1.54, 1.807) is 6.20 Å². The molecule has 0 amide bonds. The van der Waals surface area contributed by atoms with Crippen LogP contribution in [0.2, 0.25) is 0 Å². The monoisotopic (exact) mass is 279 g/mol. The van der Waals surface area contributed by atoms with Gasteiger partial charge in [-0.1, -0.05) is 0 Å². The maximum atomic E-state index is 11.7. The highest BCUT2D eigenvalue weighted by atomic mass is 32.2. The summed E-state index contributed by atoms with van der Waals surface area (Å²) in [4.78, 5) is 4.07. The van der Waals surface area contributed by atoms with Gasteiger partial charge in [-0.2, -0.15) is 12.7 Å². The van der Waals surface area contributed by atoms with Gasteiger partial charge in [0, 0.05) is 44.7 Å². The molecule has 0 spiro atoms. The highest BCUT2D eigenvalue weighted by Gasteiger charge is 2.15. The van der Waals surface area contributed by atoms with Gasteiger partial charge >= 0.3 is 0 Å². The third-order valence-corrected chi connectivity index (χ3v) is 4.56. The molecule has 0 radical (unpaired) electrons. The fourth-order valence-corrected chi connectivity index (χ4v) is 2.76. The lowest BCUT2D eigenvalue weighted by Crippen LogP contribution is -2.39. The summed E-state index contributed by atoms with van der Waals surface area (Å²) in [5.74, 6) is 0. The van der Waals surface area contributed by atoms with Crippen LogP contribution in [0.4, 0.5) is 0 Å². The molecule has 0 atom stereocenters. The maximum absolute atomic E-state index is 11.7. The smallest absolute Gasteiger partial charge is 0.279 e. The summed E-state index contributed by atoms with van der Waals surface area (Å²) in [5, 5.41) is 11.4. The van der Waals surface area contributed by atoms with Crippen molar-refractivity contribution in [2.24, 2.45) is 0 Å². The van der Waals surface area contributed by atoms with Crippen molar-refractivity contribution in [3.05, 3.63) is 16.6 Å². The molecule has 0 fully saturated rings. The number of nitrogens with zero attached hydrogens (tertiary/aromatic N) is 2. The predicted molar refractivity (Wildman–Crippen MR) is 67.1 cm³/mol. The summed E-state index contributed by atoms with van der Waals surface area (Å²) in [6.07, 6.45) is 2.72. The lowest BCUT2D eigenvalue weighted by Gasteiger charge is -2.16. The summed E-state index contributed by atoms with van der Waals surface area (Å²) in [7, 11) is -1.95. The Labute approximate surface area is 105 Å². The molecule has 98 valence electrons. The number of nitrogens with one attached hydrogen (secondary N) is 1. The Hall–Kier alpha value is -0.540. The summed E-state index contributed by atoms with van der Waals surface area (Å²) < 4.78 is 27.1. The van der Waals surface area contributed by atoms with Crippen LogP contribution in [0.1, 0.15) is 11.4 Å². The molecular formula is C9H17N3O3S2. The van der Waals surface area contributed by atoms with E-state index in [2.05, 4.69) is 9.71 Å². The van der Waals surface area contributed by atoms with Crippen LogP contribution in [-0.4, -0.2) is 49.6 Å². The zero-order valence-corrected chi connectivity index (χ0v) is 11.3. The van der Waals surface area contributed by atoms with Gasteiger partial charge in [0.15, 0.2) is 0 Å². The Morgan fingerprint density at radius 1 is 1.59 bits per heavy atom. The van der Waals surface area contributed by atoms with Crippen molar-refractivity contribution in [2.45, 2.75) is 12.8 Å². The van der Waals surface area contributed by atoms with Crippen LogP contribution in [-0.2, 0) is 16.6 Å². The first-order valence-corrected chi connectivity index (χ1v) is 7.58. The second kappa shape index (κ2) is 7.02. The first-order chi connectivity index (χ1) is 8.06.